The molecule has 5 aliphatic heterocycles. The first-order chi connectivity index (χ1) is 39.5. The minimum absolute atomic E-state index is 0. The fourth-order valence-electron chi connectivity index (χ4n) is 16.9. The molecular formula is C69H74N3NaO9S. The number of guanidine groups is 1. The number of aromatic hydroxyl groups is 2. The van der Waals surface area contributed by atoms with Crippen LogP contribution in [0, 0.1) is 53.3 Å². The maximum Gasteiger partial charge on any atom is 1.00 e. The van der Waals surface area contributed by atoms with E-state index in [9.17, 15) is 33.4 Å². The smallest absolute Gasteiger partial charge is 0.748 e. The third kappa shape index (κ3) is 10.9. The number of hydrogen-bond donors (Lipinski definition) is 6. The van der Waals surface area contributed by atoms with Gasteiger partial charge in [0.15, 0.2) is 5.96 Å². The molecule has 15 atom stereocenters. The Morgan fingerprint density at radius 1 is 0.819 bits per heavy atom. The Morgan fingerprint density at radius 2 is 1.57 bits per heavy atom. The largest absolute Gasteiger partial charge is 1.00 e. The van der Waals surface area contributed by atoms with Gasteiger partial charge in [0.25, 0.3) is 0 Å². The summed E-state index contributed by atoms with van der Waals surface area (Å²) < 4.78 is 58.1. The first-order valence-electron chi connectivity index (χ1n) is 29.8. The molecule has 6 aromatic rings. The summed E-state index contributed by atoms with van der Waals surface area (Å²) in [6, 6.07) is 41.5. The molecule has 0 aromatic heterocycles. The zero-order valence-corrected chi connectivity index (χ0v) is 50.3. The Bertz CT molecular complexity index is 3660. The summed E-state index contributed by atoms with van der Waals surface area (Å²) in [6.07, 6.45) is 8.83. The fourth-order valence-corrected chi connectivity index (χ4v) is 17.9. The molecule has 8 N–H and O–H groups in total. The van der Waals surface area contributed by atoms with Crippen LogP contribution < -0.4 is 45.8 Å². The summed E-state index contributed by atoms with van der Waals surface area (Å²) >= 11 is 0. The van der Waals surface area contributed by atoms with Gasteiger partial charge in [-0.2, -0.15) is 0 Å². The Morgan fingerprint density at radius 3 is 2.35 bits per heavy atom. The number of hydrogen-bond acceptors (Lipinski definition) is 10. The average molecular weight is 1140 g/mol. The molecule has 0 unspecified atom stereocenters. The van der Waals surface area contributed by atoms with Gasteiger partial charge in [-0.3, -0.25) is 0 Å². The van der Waals surface area contributed by atoms with E-state index in [0.29, 0.717) is 74.7 Å². The number of ether oxygens (including phenoxy) is 2. The molecule has 1 saturated heterocycles. The van der Waals surface area contributed by atoms with Crippen LogP contribution in [0.25, 0.3) is 10.8 Å². The van der Waals surface area contributed by atoms with E-state index in [4.69, 9.17) is 25.9 Å². The van der Waals surface area contributed by atoms with Crippen LogP contribution in [-0.2, 0) is 33.4 Å². The number of aliphatic hydroxyl groups is 2. The maximum atomic E-state index is 14.4. The molecule has 0 amide bonds. The van der Waals surface area contributed by atoms with Crippen molar-refractivity contribution in [1.29, 1.82) is 0 Å². The Hall–Kier alpha value is -5.66. The van der Waals surface area contributed by atoms with E-state index in [1.54, 1.807) is 24.3 Å². The molecule has 15 rings (SSSR count). The van der Waals surface area contributed by atoms with Crippen molar-refractivity contribution in [2.24, 2.45) is 57.9 Å². The van der Waals surface area contributed by atoms with Crippen molar-refractivity contribution in [2.75, 3.05) is 6.61 Å². The molecule has 4 aliphatic carbocycles. The van der Waals surface area contributed by atoms with Crippen LogP contribution in [0.2, 0.25) is 0 Å². The SMILES string of the molecule is C[C@@H]1CCc2cc3ccc2[C@H]1C[C@@H](S(=O)(=O)[O-])[C@H]1C=C2C[C@H](C[C@H]4C[C@@H](CO)CC#Cc5cc(O)ccc5[C@@H]2O4)[C@@H]1c1ccc(cc1)[C@](N=C(N)N)([C@H]1CC[C@H]2CC[C@H](c4ccc5ccc(O)cc5c4)C[C@@]2(O)[C@@H]1Cc1ccccc1)O3.[Na+]. The number of aliphatic hydroxyl groups excluding tert-OH is 1. The minimum Gasteiger partial charge on any atom is -0.748 e. The molecule has 426 valence electrons. The Labute approximate surface area is 509 Å². The van der Waals surface area contributed by atoms with Gasteiger partial charge in [-0.25, -0.2) is 13.4 Å². The molecular weight excluding hydrogens is 1070 g/mol. The van der Waals surface area contributed by atoms with Crippen molar-refractivity contribution in [3.63, 3.8) is 0 Å². The number of fused-ring (bicyclic) bond motifs is 11. The van der Waals surface area contributed by atoms with E-state index in [2.05, 4.69) is 79.4 Å². The summed E-state index contributed by atoms with van der Waals surface area (Å²) in [5.41, 5.74) is 18.6. The monoisotopic (exact) mass is 1140 g/mol. The van der Waals surface area contributed by atoms with Crippen LogP contribution in [0.3, 0.4) is 0 Å². The number of aliphatic imine (C=N–C) groups is 1. The van der Waals surface area contributed by atoms with E-state index < -0.39 is 56.5 Å². The van der Waals surface area contributed by atoms with Gasteiger partial charge >= 0.3 is 29.6 Å². The Kier molecular flexibility index (Phi) is 16.0. The van der Waals surface area contributed by atoms with Crippen molar-refractivity contribution < 1.29 is 72.4 Å². The quantitative estimate of drug-likeness (QED) is 0.0223. The third-order valence-corrected chi connectivity index (χ3v) is 21.9. The van der Waals surface area contributed by atoms with Crippen LogP contribution >= 0.6 is 0 Å². The fraction of sp³-hybridized carbons (Fsp3) is 0.435. The van der Waals surface area contributed by atoms with E-state index in [1.165, 1.54) is 0 Å². The zero-order valence-electron chi connectivity index (χ0n) is 47.4. The Balaban J connectivity index is 0.00000680. The molecule has 3 fully saturated rings. The van der Waals surface area contributed by atoms with Crippen molar-refractivity contribution in [1.82, 2.24) is 0 Å². The zero-order chi connectivity index (χ0) is 56.7. The number of benzene rings is 6. The molecule has 12 nitrogen and oxygen atoms in total. The summed E-state index contributed by atoms with van der Waals surface area (Å²) in [7, 11) is -4.96. The number of allylic oxidation sites excluding steroid dienone is 1. The predicted octanol–water partition coefficient (Wildman–Crippen LogP) is 8.26. The molecule has 0 radical (unpaired) electrons. The first-order valence-corrected chi connectivity index (χ1v) is 31.3. The molecule has 6 aromatic carbocycles. The van der Waals surface area contributed by atoms with Gasteiger partial charge in [-0.05, 0) is 205 Å². The second kappa shape index (κ2) is 23.0. The van der Waals surface area contributed by atoms with Crippen molar-refractivity contribution in [3.8, 4) is 29.1 Å². The summed E-state index contributed by atoms with van der Waals surface area (Å²) in [5.74, 6) is 4.51. The average Bonchev–Trinajstić information content (AvgIpc) is 3.66. The summed E-state index contributed by atoms with van der Waals surface area (Å²) in [5, 5.41) is 46.7. The van der Waals surface area contributed by atoms with Crippen LogP contribution in [0.1, 0.15) is 146 Å². The van der Waals surface area contributed by atoms with Gasteiger partial charge < -0.3 is 45.9 Å². The van der Waals surface area contributed by atoms with Crippen LogP contribution in [0.15, 0.2) is 144 Å². The first kappa shape index (κ1) is 57.8. The van der Waals surface area contributed by atoms with E-state index >= 15 is 0 Å². The number of aryl methyl sites for hydroxylation is 1. The predicted molar refractivity (Wildman–Crippen MR) is 316 cm³/mol. The number of rotatable bonds is 7. The van der Waals surface area contributed by atoms with E-state index in [1.807, 2.05) is 48.5 Å². The molecule has 9 aliphatic rings. The van der Waals surface area contributed by atoms with Gasteiger partial charge in [0.2, 0.25) is 5.72 Å². The summed E-state index contributed by atoms with van der Waals surface area (Å²) in [6.45, 7) is 2.07. The van der Waals surface area contributed by atoms with Crippen molar-refractivity contribution in [2.45, 2.75) is 137 Å². The molecule has 2 saturated carbocycles. The number of nitrogens with two attached hydrogens (primary N) is 2. The molecule has 5 heterocycles. The molecule has 10 bridgehead atoms. The van der Waals surface area contributed by atoms with Gasteiger partial charge in [0.1, 0.15) is 23.4 Å². The second-order valence-corrected chi connectivity index (χ2v) is 27.0. The molecule has 83 heavy (non-hydrogen) atoms. The standard InChI is InChI=1S/C69H75N3O9S.Na/c1-40-10-11-47-34-56-24-26-58(47)60(40)37-64(82(77,78)79)61-36-51-31-50(35-57-28-42(39-73)8-5-9-46-32-55(75)23-25-59(46)66(51)80-57)65(61)44-14-19-53(20-15-44)69(81-56,72-67(70)71)62-27-21-52-18-16-48(45-13-12-43-17-22-54(74)33-49(43)30-45)38-68(52,76)63(62)29-41-6-3-2-4-7-41;/h2-4,6-7,12-15,17,19-20,22-26,30,32-34,36,40,42,48,50,52,57,60-66,73-76H,8,10-11,16,18,21,27-29,31,35,37-39H2,1H3,(H4,70,71,72)(H,77,78,79);/q;+1/p-1/t40-,42+,48+,50-,52-,57-,60+,61-,62+,63-,64-,65+,66-,68+,69-;/m1./s1. The molecule has 0 spiro atoms. The maximum absolute atomic E-state index is 14.4. The van der Waals surface area contributed by atoms with Crippen LogP contribution in [0.5, 0.6) is 17.2 Å². The summed E-state index contributed by atoms with van der Waals surface area (Å²) in [4.78, 5) is 5.32. The van der Waals surface area contributed by atoms with Crippen molar-refractivity contribution >= 4 is 26.9 Å². The van der Waals surface area contributed by atoms with E-state index in [0.717, 1.165) is 69.0 Å². The van der Waals surface area contributed by atoms with E-state index in [-0.39, 0.29) is 102 Å². The number of phenols is 2. The topological polar surface area (TPSA) is 221 Å². The minimum atomic E-state index is -4.96. The number of nitrogens with zero attached hydrogens (tertiary/aromatic N) is 1. The van der Waals surface area contributed by atoms with Gasteiger partial charge in [-0.15, -0.1) is 0 Å². The second-order valence-electron chi connectivity index (χ2n) is 25.4. The van der Waals surface area contributed by atoms with Gasteiger partial charge in [0, 0.05) is 41.6 Å². The van der Waals surface area contributed by atoms with Gasteiger partial charge in [0.05, 0.1) is 27.1 Å². The third-order valence-electron chi connectivity index (χ3n) is 20.7. The van der Waals surface area contributed by atoms with Gasteiger partial charge in [-0.1, -0.05) is 116 Å². The number of phenolic OH excluding ortho intramolecular Hbond substituents is 2. The van der Waals surface area contributed by atoms with Crippen molar-refractivity contribution in [3.05, 3.63) is 184 Å². The van der Waals surface area contributed by atoms with Crippen LogP contribution in [0.4, 0.5) is 0 Å². The normalized spacial score (nSPS) is 32.6. The van der Waals surface area contributed by atoms with Crippen LogP contribution in [-0.4, -0.2) is 62.9 Å². The molecule has 14 heteroatoms.